The maximum absolute atomic E-state index is 6.11. The summed E-state index contributed by atoms with van der Waals surface area (Å²) in [5.74, 6) is 2.38. The van der Waals surface area contributed by atoms with Crippen molar-refractivity contribution < 1.29 is 15.6 Å². The number of imidazole rings is 1. The van der Waals surface area contributed by atoms with Gasteiger partial charge >= 0.3 is 160 Å². The molecule has 1 heterocycles. The molecule has 0 aliphatic heterocycles. The molecule has 0 N–H and O–H groups in total. The van der Waals surface area contributed by atoms with Crippen molar-refractivity contribution in [2.24, 2.45) is 23.2 Å². The Bertz CT molecular complexity index is 869. The van der Waals surface area contributed by atoms with E-state index in [-0.39, 0.29) is 12.4 Å². The van der Waals surface area contributed by atoms with Crippen LogP contribution in [0.3, 0.4) is 0 Å². The van der Waals surface area contributed by atoms with Crippen molar-refractivity contribution in [1.29, 1.82) is 0 Å². The fourth-order valence-corrected chi connectivity index (χ4v) is 6.21. The van der Waals surface area contributed by atoms with Crippen molar-refractivity contribution in [3.63, 3.8) is 0 Å². The maximum atomic E-state index is 6.11. The van der Waals surface area contributed by atoms with Gasteiger partial charge in [-0.2, -0.15) is 0 Å². The molecule has 5 rings (SSSR count). The van der Waals surface area contributed by atoms with Gasteiger partial charge < -0.3 is 0 Å². The Labute approximate surface area is 171 Å². The minimum atomic E-state index is 0. The fraction of sp³-hybridized carbons (Fsp3) is 0.591. The molecule has 0 saturated heterocycles. The quantitative estimate of drug-likeness (QED) is 0.530. The molecule has 3 aliphatic carbocycles. The first-order chi connectivity index (χ1) is 11.7. The van der Waals surface area contributed by atoms with Gasteiger partial charge in [0.05, 0.1) is 0 Å². The Morgan fingerprint density at radius 3 is 2.19 bits per heavy atom. The molecule has 2 nitrogen and oxygen atoms in total. The van der Waals surface area contributed by atoms with Crippen LogP contribution in [0.4, 0.5) is 0 Å². The SMILES string of the molecule is Cc1cc(C)c(-n2ccn([C@H]3C[C@H]4C[C@H]([C@@H]3C)C4(C)C)[c]2=[Cu])c(C)c1.Cl. The molecule has 4 atom stereocenters. The number of benzene rings is 1. The first-order valence-corrected chi connectivity index (χ1v) is 10.0. The molecule has 0 unspecified atom stereocenters. The van der Waals surface area contributed by atoms with Gasteiger partial charge in [0.15, 0.2) is 0 Å². The van der Waals surface area contributed by atoms with Crippen LogP contribution in [-0.2, 0) is 15.6 Å². The van der Waals surface area contributed by atoms with E-state index in [1.165, 1.54) is 35.2 Å². The monoisotopic (exact) mass is 421 g/mol. The van der Waals surface area contributed by atoms with Crippen molar-refractivity contribution in [3.05, 3.63) is 45.5 Å². The van der Waals surface area contributed by atoms with E-state index in [0.29, 0.717) is 17.4 Å². The van der Waals surface area contributed by atoms with E-state index in [0.717, 1.165) is 16.2 Å². The largest absolute Gasteiger partial charge is 0.147 e. The first-order valence-electron chi connectivity index (χ1n) is 9.54. The molecule has 2 bridgehead atoms. The molecule has 1 aromatic heterocycles. The summed E-state index contributed by atoms with van der Waals surface area (Å²) in [6, 6.07) is 5.05. The van der Waals surface area contributed by atoms with Crippen molar-refractivity contribution in [2.75, 3.05) is 0 Å². The maximum Gasteiger partial charge on any atom is -0.147 e. The summed E-state index contributed by atoms with van der Waals surface area (Å²) in [7, 11) is 0. The number of hydrogen-bond acceptors (Lipinski definition) is 0. The smallest absolute Gasteiger partial charge is 0.147 e. The van der Waals surface area contributed by atoms with Crippen molar-refractivity contribution in [3.8, 4) is 5.69 Å². The van der Waals surface area contributed by atoms with Crippen LogP contribution >= 0.6 is 12.4 Å². The van der Waals surface area contributed by atoms with Crippen molar-refractivity contribution in [1.82, 2.24) is 9.13 Å². The van der Waals surface area contributed by atoms with Gasteiger partial charge in [-0.3, -0.25) is 0 Å². The van der Waals surface area contributed by atoms with E-state index in [1.54, 1.807) is 0 Å². The Morgan fingerprint density at radius 2 is 1.65 bits per heavy atom. The number of aromatic nitrogens is 2. The second-order valence-electron chi connectivity index (χ2n) is 9.08. The first kappa shape index (κ1) is 20.0. The Balaban J connectivity index is 0.00000196. The number of halogens is 1. The molecule has 0 amide bonds. The number of nitrogens with zero attached hydrogens (tertiary/aromatic N) is 2. The second-order valence-corrected chi connectivity index (χ2v) is 9.50. The van der Waals surface area contributed by atoms with E-state index >= 15 is 0 Å². The molecular formula is C22H31ClCuN2. The average molecular weight is 423 g/mol. The van der Waals surface area contributed by atoms with Crippen LogP contribution < -0.4 is 0 Å². The van der Waals surface area contributed by atoms with E-state index in [4.69, 9.17) is 15.6 Å². The predicted molar refractivity (Wildman–Crippen MR) is 107 cm³/mol. The van der Waals surface area contributed by atoms with Gasteiger partial charge in [0.25, 0.3) is 0 Å². The predicted octanol–water partition coefficient (Wildman–Crippen LogP) is 5.95. The summed E-state index contributed by atoms with van der Waals surface area (Å²) in [5.41, 5.74) is 5.67. The molecule has 0 spiro atoms. The van der Waals surface area contributed by atoms with E-state index < -0.39 is 0 Å². The molecular weight excluding hydrogens is 391 g/mol. The van der Waals surface area contributed by atoms with Gasteiger partial charge in [-0.1, -0.05) is 0 Å². The molecule has 4 heteroatoms. The van der Waals surface area contributed by atoms with Crippen LogP contribution in [0.2, 0.25) is 0 Å². The third kappa shape index (κ3) is 2.79. The minimum absolute atomic E-state index is 0. The summed E-state index contributed by atoms with van der Waals surface area (Å²) in [5, 5.41) is 0. The molecule has 2 aromatic rings. The molecule has 3 saturated carbocycles. The molecule has 0 radical (unpaired) electrons. The van der Waals surface area contributed by atoms with E-state index in [1.807, 2.05) is 0 Å². The number of rotatable bonds is 2. The average Bonchev–Trinajstić information content (AvgIpc) is 2.87. The summed E-state index contributed by atoms with van der Waals surface area (Å²) in [6.45, 7) is 13.9. The zero-order chi connectivity index (χ0) is 18.1. The zero-order valence-corrected chi connectivity index (χ0v) is 18.4. The van der Waals surface area contributed by atoms with Crippen molar-refractivity contribution in [2.45, 2.75) is 60.4 Å². The van der Waals surface area contributed by atoms with Crippen LogP contribution in [0.5, 0.6) is 0 Å². The normalized spacial score (nSPS) is 29.1. The Hall–Kier alpha value is -0.761. The van der Waals surface area contributed by atoms with Gasteiger partial charge in [-0.05, 0) is 0 Å². The third-order valence-corrected chi connectivity index (χ3v) is 7.77. The summed E-state index contributed by atoms with van der Waals surface area (Å²) in [6.07, 6.45) is 7.06. The van der Waals surface area contributed by atoms with Crippen LogP contribution in [0.1, 0.15) is 56.3 Å². The number of hydrogen-bond donors (Lipinski definition) is 0. The summed E-state index contributed by atoms with van der Waals surface area (Å²) in [4.78, 5) is 0. The van der Waals surface area contributed by atoms with Gasteiger partial charge in [0.2, 0.25) is 0 Å². The second kappa shape index (κ2) is 6.69. The summed E-state index contributed by atoms with van der Waals surface area (Å²) < 4.78 is 5.51. The van der Waals surface area contributed by atoms with Crippen LogP contribution in [-0.4, -0.2) is 9.13 Å². The van der Waals surface area contributed by atoms with E-state index in [9.17, 15) is 0 Å². The van der Waals surface area contributed by atoms with Crippen LogP contribution in [0, 0.1) is 48.3 Å². The van der Waals surface area contributed by atoms with E-state index in [2.05, 4.69) is 75.2 Å². The number of aryl methyl sites for hydroxylation is 3. The standard InChI is InChI=1S/C22H30N2.ClH.Cu/c1-14-9-15(2)21(16(3)10-14)24-8-7-23(13-24)20-12-18-11-19(17(20)4)22(18,5)6;;/h7-10,17-20H,11-12H2,1-6H3;1H;/t17-,18+,19+,20-;;/m0../s1. The minimum Gasteiger partial charge on any atom is -0.147 e. The summed E-state index contributed by atoms with van der Waals surface area (Å²) >= 11 is 6.11. The van der Waals surface area contributed by atoms with Gasteiger partial charge in [-0.25, -0.2) is 0 Å². The topological polar surface area (TPSA) is 9.86 Å². The Morgan fingerprint density at radius 1 is 1.04 bits per heavy atom. The fourth-order valence-electron chi connectivity index (χ4n) is 5.81. The molecule has 26 heavy (non-hydrogen) atoms. The van der Waals surface area contributed by atoms with Crippen LogP contribution in [0.15, 0.2) is 24.5 Å². The third-order valence-electron chi connectivity index (χ3n) is 7.30. The molecule has 1 aromatic carbocycles. The Kier molecular flexibility index (Phi) is 5.14. The van der Waals surface area contributed by atoms with Gasteiger partial charge in [0, 0.05) is 0 Å². The van der Waals surface area contributed by atoms with Gasteiger partial charge in [0.1, 0.15) is 0 Å². The van der Waals surface area contributed by atoms with Crippen LogP contribution in [0.25, 0.3) is 5.69 Å². The molecule has 147 valence electrons. The number of fused-ring (bicyclic) bond motifs is 2. The molecule has 3 aliphatic rings. The van der Waals surface area contributed by atoms with Gasteiger partial charge in [-0.15, -0.1) is 12.4 Å². The zero-order valence-electron chi connectivity index (χ0n) is 16.6. The van der Waals surface area contributed by atoms with Crippen molar-refractivity contribution >= 4 is 12.4 Å². The molecule has 3 fully saturated rings.